The van der Waals surface area contributed by atoms with E-state index in [0.717, 1.165) is 16.8 Å². The van der Waals surface area contributed by atoms with Gasteiger partial charge in [0.25, 0.3) is 5.91 Å². The highest BCUT2D eigenvalue weighted by Gasteiger charge is 2.32. The Balaban J connectivity index is 1.89. The minimum Gasteiger partial charge on any atom is -0.490 e. The van der Waals surface area contributed by atoms with Gasteiger partial charge in [-0.05, 0) is 91.3 Å². The summed E-state index contributed by atoms with van der Waals surface area (Å²) in [5, 5.41) is 0.640. The third-order valence-corrected chi connectivity index (χ3v) is 6.33. The van der Waals surface area contributed by atoms with Crippen LogP contribution in [0.4, 0.5) is 5.69 Å². The molecule has 0 bridgehead atoms. The van der Waals surface area contributed by atoms with Gasteiger partial charge in [-0.3, -0.25) is 9.69 Å². The molecular formula is C25H27BrN2O5S. The van der Waals surface area contributed by atoms with Crippen molar-refractivity contribution < 1.29 is 23.8 Å². The molecule has 0 spiro atoms. The molecule has 0 saturated carbocycles. The third kappa shape index (κ3) is 6.42. The van der Waals surface area contributed by atoms with Gasteiger partial charge in [0.2, 0.25) is 0 Å². The molecule has 0 atom stereocenters. The maximum Gasteiger partial charge on any atom is 0.344 e. The summed E-state index contributed by atoms with van der Waals surface area (Å²) < 4.78 is 16.9. The van der Waals surface area contributed by atoms with Crippen molar-refractivity contribution in [2.24, 2.45) is 4.99 Å². The number of carbonyl (C=O) groups excluding carboxylic acids is 2. The van der Waals surface area contributed by atoms with Gasteiger partial charge in [0.15, 0.2) is 23.3 Å². The van der Waals surface area contributed by atoms with E-state index in [0.29, 0.717) is 39.2 Å². The number of amides is 1. The molecule has 7 nitrogen and oxygen atoms in total. The number of hydrogen-bond acceptors (Lipinski definition) is 7. The van der Waals surface area contributed by atoms with E-state index in [9.17, 15) is 9.59 Å². The van der Waals surface area contributed by atoms with Crippen molar-refractivity contribution in [3.8, 4) is 11.5 Å². The zero-order chi connectivity index (χ0) is 24.7. The number of aryl methyl sites for hydroxylation is 1. The number of esters is 1. The fourth-order valence-corrected chi connectivity index (χ4v) is 4.80. The molecule has 34 heavy (non-hydrogen) atoms. The van der Waals surface area contributed by atoms with Gasteiger partial charge in [-0.1, -0.05) is 17.7 Å². The van der Waals surface area contributed by atoms with E-state index < -0.39 is 5.97 Å². The first-order chi connectivity index (χ1) is 16.4. The van der Waals surface area contributed by atoms with Crippen LogP contribution < -0.4 is 9.47 Å². The van der Waals surface area contributed by atoms with Crippen molar-refractivity contribution in [1.29, 1.82) is 0 Å². The third-order valence-electron chi connectivity index (χ3n) is 4.73. The molecule has 180 valence electrons. The lowest BCUT2D eigenvalue weighted by Gasteiger charge is -2.14. The number of carbonyl (C=O) groups is 2. The van der Waals surface area contributed by atoms with Crippen LogP contribution in [0.25, 0.3) is 6.08 Å². The Morgan fingerprint density at radius 2 is 1.85 bits per heavy atom. The molecule has 1 heterocycles. The molecule has 3 rings (SSSR count). The van der Waals surface area contributed by atoms with E-state index in [4.69, 9.17) is 14.2 Å². The first-order valence-corrected chi connectivity index (χ1v) is 12.6. The molecule has 1 aliphatic rings. The van der Waals surface area contributed by atoms with Gasteiger partial charge >= 0.3 is 5.97 Å². The predicted octanol–water partition coefficient (Wildman–Crippen LogP) is 5.72. The minimum atomic E-state index is -0.462. The van der Waals surface area contributed by atoms with E-state index >= 15 is 0 Å². The summed E-state index contributed by atoms with van der Waals surface area (Å²) in [5.74, 6) is 0.301. The van der Waals surface area contributed by atoms with Gasteiger partial charge in [0, 0.05) is 6.54 Å². The quantitative estimate of drug-likeness (QED) is 0.295. The zero-order valence-electron chi connectivity index (χ0n) is 19.6. The van der Waals surface area contributed by atoms with Gasteiger partial charge < -0.3 is 14.2 Å². The summed E-state index contributed by atoms with van der Waals surface area (Å²) in [6.07, 6.45) is 1.80. The Morgan fingerprint density at radius 1 is 1.12 bits per heavy atom. The van der Waals surface area contributed by atoms with Crippen molar-refractivity contribution >= 4 is 56.5 Å². The number of nitrogens with zero attached hydrogens (tertiary/aromatic N) is 2. The summed E-state index contributed by atoms with van der Waals surface area (Å²) in [6, 6.07) is 11.4. The largest absolute Gasteiger partial charge is 0.490 e. The first kappa shape index (κ1) is 25.8. The summed E-state index contributed by atoms with van der Waals surface area (Å²) in [4.78, 5) is 31.6. The highest BCUT2D eigenvalue weighted by atomic mass is 79.9. The van der Waals surface area contributed by atoms with Gasteiger partial charge in [-0.15, -0.1) is 0 Å². The van der Waals surface area contributed by atoms with Crippen molar-refractivity contribution in [3.63, 3.8) is 0 Å². The lowest BCUT2D eigenvalue weighted by Crippen LogP contribution is -2.28. The Labute approximate surface area is 212 Å². The van der Waals surface area contributed by atoms with Crippen molar-refractivity contribution in [2.75, 3.05) is 26.4 Å². The molecule has 1 aliphatic heterocycles. The molecule has 1 saturated heterocycles. The van der Waals surface area contributed by atoms with Crippen LogP contribution in [0.1, 0.15) is 31.9 Å². The van der Waals surface area contributed by atoms with Gasteiger partial charge in [-0.25, -0.2) is 9.79 Å². The lowest BCUT2D eigenvalue weighted by atomic mass is 10.2. The number of rotatable bonds is 9. The molecule has 9 heteroatoms. The summed E-state index contributed by atoms with van der Waals surface area (Å²) in [5.41, 5.74) is 2.70. The smallest absolute Gasteiger partial charge is 0.344 e. The molecule has 1 amide bonds. The van der Waals surface area contributed by atoms with Crippen LogP contribution in [0, 0.1) is 6.92 Å². The van der Waals surface area contributed by atoms with Crippen LogP contribution in [-0.2, 0) is 14.3 Å². The Hall–Kier alpha value is -2.78. The second kappa shape index (κ2) is 12.1. The van der Waals surface area contributed by atoms with Crippen molar-refractivity contribution in [1.82, 2.24) is 4.90 Å². The SMILES string of the molecule is CCOC(=O)COc1c(Br)cc(/C=C2/SC(=Nc3ccc(C)cc3)N(CC)C2=O)cc1OCC. The number of amidine groups is 1. The second-order valence-electron chi connectivity index (χ2n) is 7.25. The van der Waals surface area contributed by atoms with Crippen LogP contribution in [0.2, 0.25) is 0 Å². The number of benzene rings is 2. The summed E-state index contributed by atoms with van der Waals surface area (Å²) >= 11 is 4.83. The van der Waals surface area contributed by atoms with E-state index in [2.05, 4.69) is 20.9 Å². The summed E-state index contributed by atoms with van der Waals surface area (Å²) in [7, 11) is 0. The normalized spacial score (nSPS) is 15.8. The average molecular weight is 547 g/mol. The molecular weight excluding hydrogens is 520 g/mol. The highest BCUT2D eigenvalue weighted by molar-refractivity contribution is 9.10. The predicted molar refractivity (Wildman–Crippen MR) is 139 cm³/mol. The monoisotopic (exact) mass is 546 g/mol. The molecule has 0 aromatic heterocycles. The van der Waals surface area contributed by atoms with Crippen LogP contribution in [0.5, 0.6) is 11.5 Å². The summed E-state index contributed by atoms with van der Waals surface area (Å²) in [6.45, 7) is 8.51. The topological polar surface area (TPSA) is 77.4 Å². The van der Waals surface area contributed by atoms with E-state index in [1.54, 1.807) is 24.0 Å². The molecule has 0 N–H and O–H groups in total. The zero-order valence-corrected chi connectivity index (χ0v) is 22.0. The van der Waals surface area contributed by atoms with Crippen molar-refractivity contribution in [2.45, 2.75) is 27.7 Å². The van der Waals surface area contributed by atoms with Gasteiger partial charge in [0.05, 0.1) is 28.3 Å². The fraction of sp³-hybridized carbons (Fsp3) is 0.320. The van der Waals surface area contributed by atoms with E-state index in [-0.39, 0.29) is 19.1 Å². The second-order valence-corrected chi connectivity index (χ2v) is 9.11. The Kier molecular flexibility index (Phi) is 9.18. The number of likely N-dealkylation sites (N-methyl/N-ethyl adjacent to an activating group) is 1. The lowest BCUT2D eigenvalue weighted by molar-refractivity contribution is -0.145. The molecule has 1 fully saturated rings. The van der Waals surface area contributed by atoms with Gasteiger partial charge in [0.1, 0.15) is 0 Å². The van der Waals surface area contributed by atoms with Gasteiger partial charge in [-0.2, -0.15) is 0 Å². The minimum absolute atomic E-state index is 0.102. The standard InChI is InChI=1S/C25H27BrN2O5S/c1-5-28-24(30)21(34-25(28)27-18-10-8-16(4)9-11-18)14-17-12-19(26)23(20(13-17)31-6-2)33-15-22(29)32-7-3/h8-14H,5-7,15H2,1-4H3/b21-14+,27-25?. The number of aliphatic imine (C=N–C) groups is 1. The van der Waals surface area contributed by atoms with Crippen molar-refractivity contribution in [3.05, 3.63) is 56.9 Å². The molecule has 0 unspecified atom stereocenters. The average Bonchev–Trinajstić information content (AvgIpc) is 3.08. The molecule has 2 aromatic carbocycles. The number of hydrogen-bond donors (Lipinski definition) is 0. The van der Waals surface area contributed by atoms with Crippen LogP contribution >= 0.6 is 27.7 Å². The Morgan fingerprint density at radius 3 is 2.50 bits per heavy atom. The van der Waals surface area contributed by atoms with E-state index in [1.807, 2.05) is 51.1 Å². The molecule has 0 radical (unpaired) electrons. The maximum absolute atomic E-state index is 13.0. The van der Waals surface area contributed by atoms with Crippen LogP contribution in [0.3, 0.4) is 0 Å². The Bertz CT molecular complexity index is 1120. The number of halogens is 1. The molecule has 2 aromatic rings. The molecule has 0 aliphatic carbocycles. The maximum atomic E-state index is 13.0. The number of thioether (sulfide) groups is 1. The highest BCUT2D eigenvalue weighted by Crippen LogP contribution is 2.39. The number of ether oxygens (including phenoxy) is 3. The first-order valence-electron chi connectivity index (χ1n) is 11.0. The van der Waals surface area contributed by atoms with Crippen LogP contribution in [0.15, 0.2) is 50.8 Å². The van der Waals surface area contributed by atoms with E-state index in [1.165, 1.54) is 11.8 Å². The van der Waals surface area contributed by atoms with Crippen LogP contribution in [-0.4, -0.2) is 48.3 Å². The fourth-order valence-electron chi connectivity index (χ4n) is 3.16.